The molecule has 0 fully saturated rings. The molecule has 2 nitrogen and oxygen atoms in total. The fourth-order valence-corrected chi connectivity index (χ4v) is 1.75. The number of aryl methyl sites for hydroxylation is 1. The fourth-order valence-electron chi connectivity index (χ4n) is 1.50. The molecule has 1 aromatic rings. The molecule has 1 rings (SSSR count). The third-order valence-corrected chi connectivity index (χ3v) is 2.69. The van der Waals surface area contributed by atoms with E-state index in [2.05, 4.69) is 6.92 Å². The number of alkyl halides is 1. The summed E-state index contributed by atoms with van der Waals surface area (Å²) in [7, 11) is 0. The molecule has 0 unspecified atom stereocenters. The maximum Gasteiger partial charge on any atom is 0.338 e. The van der Waals surface area contributed by atoms with Gasteiger partial charge >= 0.3 is 5.97 Å². The molecule has 16 heavy (non-hydrogen) atoms. The zero-order valence-corrected chi connectivity index (χ0v) is 10.5. The van der Waals surface area contributed by atoms with E-state index < -0.39 is 0 Å². The van der Waals surface area contributed by atoms with Crippen LogP contribution in [0.5, 0.6) is 0 Å². The molecule has 0 bridgehead atoms. The number of benzene rings is 1. The molecule has 0 spiro atoms. The number of hydrogen-bond acceptors (Lipinski definition) is 2. The van der Waals surface area contributed by atoms with Crippen molar-refractivity contribution in [2.24, 2.45) is 0 Å². The van der Waals surface area contributed by atoms with Gasteiger partial charge in [-0.1, -0.05) is 19.9 Å². The van der Waals surface area contributed by atoms with Gasteiger partial charge in [0.1, 0.15) is 0 Å². The highest BCUT2D eigenvalue weighted by Gasteiger charge is 2.09. The van der Waals surface area contributed by atoms with Gasteiger partial charge in [-0.05, 0) is 36.1 Å². The molecule has 88 valence electrons. The highest BCUT2D eigenvalue weighted by atomic mass is 35.5. The number of carbonyl (C=O) groups is 1. The van der Waals surface area contributed by atoms with E-state index in [9.17, 15) is 4.79 Å². The standard InChI is InChI=1S/C13H17ClO2/c1-3-7-16-13(15)11-6-5-10(4-2)12(8-11)9-14/h5-6,8H,3-4,7,9H2,1-2H3. The van der Waals surface area contributed by atoms with Crippen LogP contribution >= 0.6 is 11.6 Å². The second-order valence-electron chi connectivity index (χ2n) is 3.61. The molecule has 0 aromatic heterocycles. The minimum atomic E-state index is -0.268. The van der Waals surface area contributed by atoms with Crippen LogP contribution in [0.3, 0.4) is 0 Å². The summed E-state index contributed by atoms with van der Waals surface area (Å²) in [6.45, 7) is 4.50. The van der Waals surface area contributed by atoms with Crippen molar-refractivity contribution in [3.63, 3.8) is 0 Å². The topological polar surface area (TPSA) is 26.3 Å². The van der Waals surface area contributed by atoms with Gasteiger partial charge in [0.25, 0.3) is 0 Å². The van der Waals surface area contributed by atoms with E-state index in [-0.39, 0.29) is 5.97 Å². The quantitative estimate of drug-likeness (QED) is 0.581. The van der Waals surface area contributed by atoms with Crippen molar-refractivity contribution in [1.29, 1.82) is 0 Å². The Labute approximate surface area is 102 Å². The highest BCUT2D eigenvalue weighted by Crippen LogP contribution is 2.16. The van der Waals surface area contributed by atoms with Gasteiger partial charge in [0, 0.05) is 5.88 Å². The molecule has 0 aliphatic rings. The third-order valence-electron chi connectivity index (χ3n) is 2.40. The number of hydrogen-bond donors (Lipinski definition) is 0. The first kappa shape index (κ1) is 13.0. The van der Waals surface area contributed by atoms with Crippen LogP contribution in [0.15, 0.2) is 18.2 Å². The summed E-state index contributed by atoms with van der Waals surface area (Å²) < 4.78 is 5.07. The Morgan fingerprint density at radius 2 is 2.06 bits per heavy atom. The Kier molecular flexibility index (Phi) is 5.33. The molecule has 0 saturated carbocycles. The lowest BCUT2D eigenvalue weighted by Crippen LogP contribution is -2.07. The van der Waals surface area contributed by atoms with Crippen molar-refractivity contribution in [3.05, 3.63) is 34.9 Å². The van der Waals surface area contributed by atoms with Crippen LogP contribution in [0.4, 0.5) is 0 Å². The van der Waals surface area contributed by atoms with Gasteiger partial charge in [0.2, 0.25) is 0 Å². The number of esters is 1. The molecule has 0 atom stereocenters. The Hall–Kier alpha value is -1.02. The molecule has 0 N–H and O–H groups in total. The first-order valence-electron chi connectivity index (χ1n) is 5.57. The second-order valence-corrected chi connectivity index (χ2v) is 3.87. The van der Waals surface area contributed by atoms with Crippen LogP contribution in [0.1, 0.15) is 41.8 Å². The summed E-state index contributed by atoms with van der Waals surface area (Å²) in [4.78, 5) is 11.6. The van der Waals surface area contributed by atoms with Crippen LogP contribution in [-0.4, -0.2) is 12.6 Å². The predicted molar refractivity (Wildman–Crippen MR) is 66.0 cm³/mol. The summed E-state index contributed by atoms with van der Waals surface area (Å²) in [5, 5.41) is 0. The Morgan fingerprint density at radius 3 is 2.62 bits per heavy atom. The van der Waals surface area contributed by atoms with E-state index in [4.69, 9.17) is 16.3 Å². The summed E-state index contributed by atoms with van der Waals surface area (Å²) in [6.07, 6.45) is 1.76. The van der Waals surface area contributed by atoms with Gasteiger partial charge in [0.05, 0.1) is 12.2 Å². The first-order valence-corrected chi connectivity index (χ1v) is 6.11. The van der Waals surface area contributed by atoms with E-state index in [0.717, 1.165) is 18.4 Å². The van der Waals surface area contributed by atoms with E-state index in [1.807, 2.05) is 19.1 Å². The lowest BCUT2D eigenvalue weighted by molar-refractivity contribution is 0.0505. The largest absolute Gasteiger partial charge is 0.462 e. The molecule has 0 saturated heterocycles. The average Bonchev–Trinajstić information content (AvgIpc) is 2.34. The molecular formula is C13H17ClO2. The van der Waals surface area contributed by atoms with E-state index in [1.54, 1.807) is 6.07 Å². The highest BCUT2D eigenvalue weighted by molar-refractivity contribution is 6.17. The number of carbonyl (C=O) groups excluding carboxylic acids is 1. The first-order chi connectivity index (χ1) is 7.72. The van der Waals surface area contributed by atoms with Crippen LogP contribution in [0.25, 0.3) is 0 Å². The van der Waals surface area contributed by atoms with Gasteiger partial charge in [0.15, 0.2) is 0 Å². The summed E-state index contributed by atoms with van der Waals surface area (Å²) in [5.41, 5.74) is 2.78. The molecular weight excluding hydrogens is 224 g/mol. The Balaban J connectivity index is 2.85. The number of rotatable bonds is 5. The number of halogens is 1. The van der Waals surface area contributed by atoms with Crippen LogP contribution in [-0.2, 0) is 17.0 Å². The van der Waals surface area contributed by atoms with E-state index in [1.165, 1.54) is 5.56 Å². The van der Waals surface area contributed by atoms with E-state index in [0.29, 0.717) is 18.1 Å². The molecule has 1 aromatic carbocycles. The van der Waals surface area contributed by atoms with Crippen LogP contribution < -0.4 is 0 Å². The lowest BCUT2D eigenvalue weighted by Gasteiger charge is -2.08. The van der Waals surface area contributed by atoms with Crippen LogP contribution in [0.2, 0.25) is 0 Å². The third kappa shape index (κ3) is 3.24. The zero-order chi connectivity index (χ0) is 12.0. The smallest absolute Gasteiger partial charge is 0.338 e. The fraction of sp³-hybridized carbons (Fsp3) is 0.462. The second kappa shape index (κ2) is 6.54. The summed E-state index contributed by atoms with van der Waals surface area (Å²) in [5.74, 6) is 0.161. The maximum absolute atomic E-state index is 11.6. The van der Waals surface area contributed by atoms with Crippen molar-refractivity contribution < 1.29 is 9.53 Å². The molecule has 0 radical (unpaired) electrons. The minimum absolute atomic E-state index is 0.268. The Morgan fingerprint density at radius 1 is 1.31 bits per heavy atom. The van der Waals surface area contributed by atoms with Crippen molar-refractivity contribution >= 4 is 17.6 Å². The average molecular weight is 241 g/mol. The SMILES string of the molecule is CCCOC(=O)c1ccc(CC)c(CCl)c1. The predicted octanol–water partition coefficient (Wildman–Crippen LogP) is 3.55. The molecule has 3 heteroatoms. The van der Waals surface area contributed by atoms with Crippen molar-refractivity contribution in [2.45, 2.75) is 32.6 Å². The van der Waals surface area contributed by atoms with Gasteiger partial charge in [-0.3, -0.25) is 0 Å². The van der Waals surface area contributed by atoms with Crippen molar-refractivity contribution in [3.8, 4) is 0 Å². The van der Waals surface area contributed by atoms with Gasteiger partial charge < -0.3 is 4.74 Å². The van der Waals surface area contributed by atoms with Gasteiger partial charge in [-0.15, -0.1) is 11.6 Å². The minimum Gasteiger partial charge on any atom is -0.462 e. The summed E-state index contributed by atoms with van der Waals surface area (Å²) in [6, 6.07) is 5.57. The molecule has 0 aliphatic carbocycles. The van der Waals surface area contributed by atoms with Gasteiger partial charge in [-0.25, -0.2) is 4.79 Å². The zero-order valence-electron chi connectivity index (χ0n) is 9.75. The lowest BCUT2D eigenvalue weighted by atomic mass is 10.0. The monoisotopic (exact) mass is 240 g/mol. The maximum atomic E-state index is 11.6. The molecule has 0 amide bonds. The van der Waals surface area contributed by atoms with Crippen molar-refractivity contribution in [2.75, 3.05) is 6.61 Å². The van der Waals surface area contributed by atoms with E-state index >= 15 is 0 Å². The van der Waals surface area contributed by atoms with Gasteiger partial charge in [-0.2, -0.15) is 0 Å². The van der Waals surface area contributed by atoms with Crippen molar-refractivity contribution in [1.82, 2.24) is 0 Å². The normalized spacial score (nSPS) is 10.2. The number of ether oxygens (including phenoxy) is 1. The summed E-state index contributed by atoms with van der Waals surface area (Å²) >= 11 is 5.84. The molecule has 0 heterocycles. The van der Waals surface area contributed by atoms with Crippen LogP contribution in [0, 0.1) is 0 Å². The Bertz CT molecular complexity index is 361. The molecule has 0 aliphatic heterocycles.